The number of aryl methyl sites for hydroxylation is 1. The van der Waals surface area contributed by atoms with Crippen molar-refractivity contribution in [3.8, 4) is 5.75 Å². The van der Waals surface area contributed by atoms with Crippen LogP contribution in [0.1, 0.15) is 20.1 Å². The smallest absolute Gasteiger partial charge is 0.387 e. The van der Waals surface area contributed by atoms with Crippen molar-refractivity contribution < 1.29 is 28.2 Å². The molecule has 1 heterocycles. The molecule has 0 fully saturated rings. The van der Waals surface area contributed by atoms with E-state index in [1.54, 1.807) is 31.2 Å². The molecule has 0 aliphatic heterocycles. The largest absolute Gasteiger partial charge is 0.481 e. The zero-order valence-corrected chi connectivity index (χ0v) is 14.2. The van der Waals surface area contributed by atoms with Gasteiger partial charge in [0.1, 0.15) is 10.6 Å². The van der Waals surface area contributed by atoms with E-state index < -0.39 is 24.4 Å². The SMILES string of the molecule is Cc1cc(OC(F)F)c(C(=O)NCC(Cc2ccccc2)C(=O)O)s1. The minimum Gasteiger partial charge on any atom is -0.481 e. The third-order valence-electron chi connectivity index (χ3n) is 3.43. The second-order valence-electron chi connectivity index (χ2n) is 5.36. The van der Waals surface area contributed by atoms with E-state index in [2.05, 4.69) is 10.1 Å². The minimum absolute atomic E-state index is 0.00153. The number of aliphatic carboxylic acids is 1. The van der Waals surface area contributed by atoms with E-state index in [9.17, 15) is 23.5 Å². The van der Waals surface area contributed by atoms with Crippen molar-refractivity contribution in [2.75, 3.05) is 6.54 Å². The van der Waals surface area contributed by atoms with Crippen LogP contribution in [0.15, 0.2) is 36.4 Å². The van der Waals surface area contributed by atoms with Gasteiger partial charge in [-0.2, -0.15) is 8.78 Å². The highest BCUT2D eigenvalue weighted by Gasteiger charge is 2.23. The number of nitrogens with one attached hydrogen (secondary N) is 1. The zero-order chi connectivity index (χ0) is 18.4. The predicted molar refractivity (Wildman–Crippen MR) is 89.3 cm³/mol. The molecule has 0 bridgehead atoms. The zero-order valence-electron chi connectivity index (χ0n) is 13.4. The molecule has 2 rings (SSSR count). The molecule has 25 heavy (non-hydrogen) atoms. The average Bonchev–Trinajstić information content (AvgIpc) is 2.91. The first kappa shape index (κ1) is 18.9. The normalized spacial score (nSPS) is 12.0. The standard InChI is InChI=1S/C17H17F2NO4S/c1-10-7-13(24-17(18)19)14(25-10)15(21)20-9-12(16(22)23)8-11-5-3-2-4-6-11/h2-7,12,17H,8-9H2,1H3,(H,20,21)(H,22,23). The Labute approximate surface area is 147 Å². The van der Waals surface area contributed by atoms with Crippen LogP contribution in [0, 0.1) is 12.8 Å². The lowest BCUT2D eigenvalue weighted by Gasteiger charge is -2.13. The molecule has 8 heteroatoms. The quantitative estimate of drug-likeness (QED) is 0.748. The molecule has 1 unspecified atom stereocenters. The maximum Gasteiger partial charge on any atom is 0.387 e. The molecule has 0 saturated carbocycles. The minimum atomic E-state index is -3.04. The Kier molecular flexibility index (Phi) is 6.46. The molecule has 1 aromatic heterocycles. The van der Waals surface area contributed by atoms with Crippen LogP contribution in [0.2, 0.25) is 0 Å². The summed E-state index contributed by atoms with van der Waals surface area (Å²) in [6.07, 6.45) is 0.250. The summed E-state index contributed by atoms with van der Waals surface area (Å²) in [7, 11) is 0. The van der Waals surface area contributed by atoms with E-state index in [0.29, 0.717) is 4.88 Å². The van der Waals surface area contributed by atoms with Crippen molar-refractivity contribution in [2.45, 2.75) is 20.0 Å². The summed E-state index contributed by atoms with van der Waals surface area (Å²) in [4.78, 5) is 24.3. The fourth-order valence-corrected chi connectivity index (χ4v) is 3.13. The topological polar surface area (TPSA) is 75.6 Å². The average molecular weight is 369 g/mol. The summed E-state index contributed by atoms with van der Waals surface area (Å²) in [6, 6.07) is 10.4. The number of carboxylic acid groups (broad SMARTS) is 1. The van der Waals surface area contributed by atoms with Crippen molar-refractivity contribution in [2.24, 2.45) is 5.92 Å². The van der Waals surface area contributed by atoms with Gasteiger partial charge in [-0.3, -0.25) is 9.59 Å². The molecule has 1 atom stereocenters. The number of hydrogen-bond donors (Lipinski definition) is 2. The molecule has 1 aromatic carbocycles. The number of rotatable bonds is 8. The molecule has 0 aliphatic carbocycles. The highest BCUT2D eigenvalue weighted by Crippen LogP contribution is 2.30. The number of hydrogen-bond acceptors (Lipinski definition) is 4. The Morgan fingerprint density at radius 3 is 2.56 bits per heavy atom. The van der Waals surface area contributed by atoms with Gasteiger partial charge < -0.3 is 15.2 Å². The van der Waals surface area contributed by atoms with Gasteiger partial charge in [0.2, 0.25) is 0 Å². The van der Waals surface area contributed by atoms with Gasteiger partial charge in [0.25, 0.3) is 5.91 Å². The molecule has 0 saturated heterocycles. The molecular formula is C17H17F2NO4S. The van der Waals surface area contributed by atoms with Crippen LogP contribution < -0.4 is 10.1 Å². The molecular weight excluding hydrogens is 352 g/mol. The van der Waals surface area contributed by atoms with Gasteiger partial charge in [0, 0.05) is 11.4 Å². The Bertz CT molecular complexity index is 734. The predicted octanol–water partition coefficient (Wildman–Crippen LogP) is 3.33. The van der Waals surface area contributed by atoms with Crippen LogP contribution in [0.5, 0.6) is 5.75 Å². The number of carbonyl (C=O) groups excluding carboxylic acids is 1. The van der Waals surface area contributed by atoms with Crippen LogP contribution in [-0.2, 0) is 11.2 Å². The molecule has 0 spiro atoms. The summed E-state index contributed by atoms with van der Waals surface area (Å²) >= 11 is 1.01. The summed E-state index contributed by atoms with van der Waals surface area (Å²) < 4.78 is 29.2. The van der Waals surface area contributed by atoms with Gasteiger partial charge >= 0.3 is 12.6 Å². The maximum atomic E-state index is 12.4. The van der Waals surface area contributed by atoms with E-state index in [1.165, 1.54) is 6.07 Å². The molecule has 0 radical (unpaired) electrons. The summed E-state index contributed by atoms with van der Waals surface area (Å²) in [5.41, 5.74) is 0.831. The van der Waals surface area contributed by atoms with Crippen molar-refractivity contribution in [1.82, 2.24) is 5.32 Å². The van der Waals surface area contributed by atoms with Crippen molar-refractivity contribution in [3.63, 3.8) is 0 Å². The summed E-state index contributed by atoms with van der Waals surface area (Å²) in [5, 5.41) is 11.8. The second-order valence-corrected chi connectivity index (χ2v) is 6.62. The van der Waals surface area contributed by atoms with E-state index in [-0.39, 0.29) is 23.6 Å². The van der Waals surface area contributed by atoms with E-state index >= 15 is 0 Å². The number of carbonyl (C=O) groups is 2. The van der Waals surface area contributed by atoms with Crippen LogP contribution in [0.3, 0.4) is 0 Å². The van der Waals surface area contributed by atoms with E-state index in [4.69, 9.17) is 0 Å². The summed E-state index contributed by atoms with van der Waals surface area (Å²) in [5.74, 6) is -2.71. The number of alkyl halides is 2. The van der Waals surface area contributed by atoms with E-state index in [1.807, 2.05) is 6.07 Å². The first-order valence-electron chi connectivity index (χ1n) is 7.47. The van der Waals surface area contributed by atoms with E-state index in [0.717, 1.165) is 16.9 Å². The van der Waals surface area contributed by atoms with Gasteiger partial charge in [0.05, 0.1) is 5.92 Å². The van der Waals surface area contributed by atoms with Gasteiger partial charge in [0.15, 0.2) is 0 Å². The number of benzene rings is 1. The molecule has 1 amide bonds. The molecule has 0 aliphatic rings. The highest BCUT2D eigenvalue weighted by molar-refractivity contribution is 7.14. The highest BCUT2D eigenvalue weighted by atomic mass is 32.1. The molecule has 5 nitrogen and oxygen atoms in total. The third-order valence-corrected chi connectivity index (χ3v) is 4.46. The van der Waals surface area contributed by atoms with Gasteiger partial charge in [-0.15, -0.1) is 11.3 Å². The Balaban J connectivity index is 2.03. The number of ether oxygens (including phenoxy) is 1. The monoisotopic (exact) mass is 369 g/mol. The third kappa shape index (κ3) is 5.53. The molecule has 134 valence electrons. The fraction of sp³-hybridized carbons (Fsp3) is 0.294. The van der Waals surface area contributed by atoms with Crippen molar-refractivity contribution >= 4 is 23.2 Å². The summed E-state index contributed by atoms with van der Waals surface area (Å²) in [6.45, 7) is -1.49. The Hall–Kier alpha value is -2.48. The van der Waals surface area contributed by atoms with Gasteiger partial charge in [-0.05, 0) is 25.0 Å². The number of amides is 1. The molecule has 2 N–H and O–H groups in total. The Morgan fingerprint density at radius 1 is 1.28 bits per heavy atom. The lowest BCUT2D eigenvalue weighted by molar-refractivity contribution is -0.141. The van der Waals surface area contributed by atoms with Crippen molar-refractivity contribution in [1.29, 1.82) is 0 Å². The lowest BCUT2D eigenvalue weighted by atomic mass is 9.99. The maximum absolute atomic E-state index is 12.4. The van der Waals surface area contributed by atoms with Crippen LogP contribution in [0.4, 0.5) is 8.78 Å². The van der Waals surface area contributed by atoms with Crippen LogP contribution >= 0.6 is 11.3 Å². The Morgan fingerprint density at radius 2 is 1.96 bits per heavy atom. The van der Waals surface area contributed by atoms with Crippen molar-refractivity contribution in [3.05, 3.63) is 51.7 Å². The molecule has 2 aromatic rings. The van der Waals surface area contributed by atoms with Gasteiger partial charge in [-0.25, -0.2) is 0 Å². The second kappa shape index (κ2) is 8.57. The number of thiophene rings is 1. The van der Waals surface area contributed by atoms with Crippen LogP contribution in [0.25, 0.3) is 0 Å². The van der Waals surface area contributed by atoms with Crippen LogP contribution in [-0.4, -0.2) is 30.1 Å². The number of carboxylic acids is 1. The first-order valence-corrected chi connectivity index (χ1v) is 8.28. The lowest BCUT2D eigenvalue weighted by Crippen LogP contribution is -2.34. The first-order chi connectivity index (χ1) is 11.9. The fourth-order valence-electron chi connectivity index (χ4n) is 2.27. The van der Waals surface area contributed by atoms with Gasteiger partial charge in [-0.1, -0.05) is 30.3 Å². The number of halogens is 2.